The summed E-state index contributed by atoms with van der Waals surface area (Å²) in [7, 11) is 0. The maximum absolute atomic E-state index is 12.6. The van der Waals surface area contributed by atoms with Crippen LogP contribution >= 0.6 is 15.9 Å². The van der Waals surface area contributed by atoms with Crippen molar-refractivity contribution in [1.82, 2.24) is 14.9 Å². The molecule has 0 saturated heterocycles. The van der Waals surface area contributed by atoms with E-state index in [0.29, 0.717) is 23.5 Å². The normalized spacial score (nSPS) is 12.9. The fraction of sp³-hybridized carbons (Fsp3) is 0.273. The van der Waals surface area contributed by atoms with Crippen molar-refractivity contribution in [2.24, 2.45) is 0 Å². The zero-order valence-corrected chi connectivity index (χ0v) is 17.5. The lowest BCUT2D eigenvalue weighted by Crippen LogP contribution is -2.29. The minimum atomic E-state index is -0.235. The van der Waals surface area contributed by atoms with Gasteiger partial charge in [-0.05, 0) is 43.7 Å². The number of hydrogen-bond donors (Lipinski definition) is 1. The Morgan fingerprint density at radius 3 is 2.71 bits per heavy atom. The first-order valence-electron chi connectivity index (χ1n) is 9.47. The molecule has 0 saturated carbocycles. The van der Waals surface area contributed by atoms with E-state index in [4.69, 9.17) is 9.40 Å². The third kappa shape index (κ3) is 3.50. The van der Waals surface area contributed by atoms with Gasteiger partial charge in [0.2, 0.25) is 5.58 Å². The summed E-state index contributed by atoms with van der Waals surface area (Å²) in [6, 6.07) is 16.0. The van der Waals surface area contributed by atoms with Gasteiger partial charge >= 0.3 is 0 Å². The molecule has 0 aliphatic carbocycles. The lowest BCUT2D eigenvalue weighted by atomic mass is 10.1. The number of benzene rings is 2. The van der Waals surface area contributed by atoms with E-state index in [1.165, 1.54) is 5.56 Å². The van der Waals surface area contributed by atoms with E-state index in [0.717, 1.165) is 22.8 Å². The van der Waals surface area contributed by atoms with Crippen molar-refractivity contribution in [2.75, 3.05) is 6.54 Å². The molecule has 4 rings (SSSR count). The molecule has 144 valence electrons. The van der Waals surface area contributed by atoms with Crippen LogP contribution in [0.5, 0.6) is 0 Å². The zero-order chi connectivity index (χ0) is 19.7. The van der Waals surface area contributed by atoms with Crippen LogP contribution in [0.3, 0.4) is 0 Å². The molecule has 0 spiro atoms. The Labute approximate surface area is 171 Å². The van der Waals surface area contributed by atoms with E-state index < -0.39 is 0 Å². The minimum absolute atomic E-state index is 0.178. The number of aromatic nitrogens is 2. The summed E-state index contributed by atoms with van der Waals surface area (Å²) < 4.78 is 6.78. The van der Waals surface area contributed by atoms with Crippen molar-refractivity contribution in [3.8, 4) is 0 Å². The van der Waals surface area contributed by atoms with Gasteiger partial charge in [-0.15, -0.1) is 0 Å². The molecule has 0 fully saturated rings. The molecule has 0 radical (unpaired) electrons. The number of furan rings is 1. The average molecular weight is 440 g/mol. The lowest BCUT2D eigenvalue weighted by molar-refractivity contribution is 0.196. The van der Waals surface area contributed by atoms with Gasteiger partial charge in [0.15, 0.2) is 0 Å². The van der Waals surface area contributed by atoms with Gasteiger partial charge in [0.1, 0.15) is 16.9 Å². The SMILES string of the molecule is CCCN(Cc1nc2c(oc3ccccc32)c(=O)[nH]1)C(C)c1ccccc1Br. The minimum Gasteiger partial charge on any atom is -0.449 e. The molecule has 6 heteroatoms. The predicted octanol–water partition coefficient (Wildman–Crippen LogP) is 5.41. The number of nitrogens with one attached hydrogen (secondary N) is 1. The van der Waals surface area contributed by atoms with Crippen molar-refractivity contribution in [3.05, 3.63) is 74.7 Å². The molecular weight excluding hydrogens is 418 g/mol. The molecule has 0 aliphatic heterocycles. The highest BCUT2D eigenvalue weighted by molar-refractivity contribution is 9.10. The highest BCUT2D eigenvalue weighted by Crippen LogP contribution is 2.29. The van der Waals surface area contributed by atoms with Crippen LogP contribution in [0.2, 0.25) is 0 Å². The van der Waals surface area contributed by atoms with Gasteiger partial charge in [-0.1, -0.05) is 53.2 Å². The van der Waals surface area contributed by atoms with Crippen molar-refractivity contribution < 1.29 is 4.42 Å². The number of rotatable bonds is 6. The van der Waals surface area contributed by atoms with Gasteiger partial charge in [-0.3, -0.25) is 9.69 Å². The number of halogens is 1. The quantitative estimate of drug-likeness (QED) is 0.436. The Hall–Kier alpha value is -2.44. The van der Waals surface area contributed by atoms with E-state index in [1.807, 2.05) is 36.4 Å². The second kappa shape index (κ2) is 7.89. The van der Waals surface area contributed by atoms with Gasteiger partial charge in [-0.25, -0.2) is 4.98 Å². The molecule has 1 unspecified atom stereocenters. The first kappa shape index (κ1) is 18.9. The Balaban J connectivity index is 1.73. The smallest absolute Gasteiger partial charge is 0.294 e. The molecule has 2 aromatic heterocycles. The van der Waals surface area contributed by atoms with Crippen LogP contribution in [0, 0.1) is 0 Å². The maximum atomic E-state index is 12.6. The second-order valence-corrected chi connectivity index (χ2v) is 7.81. The van der Waals surface area contributed by atoms with Crippen LogP contribution in [0.15, 0.2) is 62.2 Å². The number of aromatic amines is 1. The predicted molar refractivity (Wildman–Crippen MR) is 115 cm³/mol. The van der Waals surface area contributed by atoms with Crippen molar-refractivity contribution in [2.45, 2.75) is 32.9 Å². The standard InChI is InChI=1S/C22H22BrN3O2/c1-3-12-26(14(2)15-8-4-6-10-17(15)23)13-19-24-20-16-9-5-7-11-18(16)28-21(20)22(27)25-19/h4-11,14H,3,12-13H2,1-2H3,(H,24,25,27). The first-order chi connectivity index (χ1) is 13.6. The summed E-state index contributed by atoms with van der Waals surface area (Å²) in [5.74, 6) is 0.649. The largest absolute Gasteiger partial charge is 0.449 e. The number of fused-ring (bicyclic) bond motifs is 3. The second-order valence-electron chi connectivity index (χ2n) is 6.96. The molecular formula is C22H22BrN3O2. The molecule has 28 heavy (non-hydrogen) atoms. The van der Waals surface area contributed by atoms with E-state index in [-0.39, 0.29) is 17.2 Å². The highest BCUT2D eigenvalue weighted by atomic mass is 79.9. The summed E-state index contributed by atoms with van der Waals surface area (Å²) >= 11 is 3.66. The molecule has 1 atom stereocenters. The number of H-pyrrole nitrogens is 1. The van der Waals surface area contributed by atoms with Crippen molar-refractivity contribution in [3.63, 3.8) is 0 Å². The molecule has 1 N–H and O–H groups in total. The van der Waals surface area contributed by atoms with Crippen LogP contribution < -0.4 is 5.56 Å². The summed E-state index contributed by atoms with van der Waals surface area (Å²) in [5, 5.41) is 0.866. The summed E-state index contributed by atoms with van der Waals surface area (Å²) in [4.78, 5) is 22.6. The third-order valence-electron chi connectivity index (χ3n) is 5.05. The number of hydrogen-bond acceptors (Lipinski definition) is 4. The van der Waals surface area contributed by atoms with Crippen LogP contribution in [0.4, 0.5) is 0 Å². The van der Waals surface area contributed by atoms with E-state index in [9.17, 15) is 4.79 Å². The summed E-state index contributed by atoms with van der Waals surface area (Å²) in [5.41, 5.74) is 2.57. The highest BCUT2D eigenvalue weighted by Gasteiger charge is 2.20. The van der Waals surface area contributed by atoms with Crippen LogP contribution in [0.1, 0.15) is 37.7 Å². The zero-order valence-electron chi connectivity index (χ0n) is 15.9. The topological polar surface area (TPSA) is 62.1 Å². The van der Waals surface area contributed by atoms with Gasteiger partial charge in [0.25, 0.3) is 5.56 Å². The Kier molecular flexibility index (Phi) is 5.33. The van der Waals surface area contributed by atoms with Crippen LogP contribution in [-0.2, 0) is 6.54 Å². The molecule has 0 amide bonds. The van der Waals surface area contributed by atoms with E-state index in [2.05, 4.69) is 51.8 Å². The third-order valence-corrected chi connectivity index (χ3v) is 5.77. The average Bonchev–Trinajstić information content (AvgIpc) is 3.07. The Morgan fingerprint density at radius 2 is 1.93 bits per heavy atom. The first-order valence-corrected chi connectivity index (χ1v) is 10.3. The van der Waals surface area contributed by atoms with Crippen molar-refractivity contribution >= 4 is 38.0 Å². The molecule has 5 nitrogen and oxygen atoms in total. The summed E-state index contributed by atoms with van der Waals surface area (Å²) in [6.45, 7) is 5.79. The Morgan fingerprint density at radius 1 is 1.18 bits per heavy atom. The molecule has 2 heterocycles. The van der Waals surface area contributed by atoms with Gasteiger partial charge in [-0.2, -0.15) is 0 Å². The fourth-order valence-electron chi connectivity index (χ4n) is 3.62. The van der Waals surface area contributed by atoms with Gasteiger partial charge < -0.3 is 9.40 Å². The van der Waals surface area contributed by atoms with Crippen molar-refractivity contribution in [1.29, 1.82) is 0 Å². The van der Waals surface area contributed by atoms with Gasteiger partial charge in [0.05, 0.1) is 6.54 Å². The van der Waals surface area contributed by atoms with Crippen LogP contribution in [0.25, 0.3) is 22.1 Å². The van der Waals surface area contributed by atoms with E-state index in [1.54, 1.807) is 0 Å². The molecule has 0 bridgehead atoms. The fourth-order valence-corrected chi connectivity index (χ4v) is 4.24. The Bertz CT molecular complexity index is 1180. The molecule has 0 aliphatic rings. The number of nitrogens with zero attached hydrogens (tertiary/aromatic N) is 2. The maximum Gasteiger partial charge on any atom is 0.294 e. The van der Waals surface area contributed by atoms with E-state index >= 15 is 0 Å². The van der Waals surface area contributed by atoms with Crippen LogP contribution in [-0.4, -0.2) is 21.4 Å². The molecule has 2 aromatic carbocycles. The lowest BCUT2D eigenvalue weighted by Gasteiger charge is -2.29. The summed E-state index contributed by atoms with van der Waals surface area (Å²) in [6.07, 6.45) is 1.01. The molecule has 4 aromatic rings. The number of para-hydroxylation sites is 1. The van der Waals surface area contributed by atoms with Gasteiger partial charge in [0, 0.05) is 15.9 Å². The monoisotopic (exact) mass is 439 g/mol.